The molecule has 0 aromatic heterocycles. The van der Waals surface area contributed by atoms with Crippen LogP contribution in [-0.4, -0.2) is 49.7 Å². The lowest BCUT2D eigenvalue weighted by Gasteiger charge is -2.18. The van der Waals surface area contributed by atoms with Crippen molar-refractivity contribution in [3.63, 3.8) is 0 Å². The molecule has 0 aliphatic rings. The van der Waals surface area contributed by atoms with Gasteiger partial charge in [0.05, 0.1) is 6.42 Å². The van der Waals surface area contributed by atoms with Gasteiger partial charge >= 0.3 is 17.9 Å². The third-order valence-corrected chi connectivity index (χ3v) is 9.57. The molecule has 0 saturated carbocycles. The normalized spacial score (nSPS) is 12.0. The summed E-state index contributed by atoms with van der Waals surface area (Å²) in [5.74, 6) is -1.49. The molecule has 0 saturated heterocycles. The first-order valence-corrected chi connectivity index (χ1v) is 22.5. The van der Waals surface area contributed by atoms with Crippen LogP contribution in [0.3, 0.4) is 0 Å². The lowest BCUT2D eigenvalue weighted by molar-refractivity contribution is -0.167. The van der Waals surface area contributed by atoms with Crippen molar-refractivity contribution in [1.82, 2.24) is 5.32 Å². The van der Waals surface area contributed by atoms with Crippen molar-refractivity contribution >= 4 is 23.8 Å². The van der Waals surface area contributed by atoms with Crippen molar-refractivity contribution < 1.29 is 33.4 Å². The Morgan fingerprint density at radius 3 is 1.22 bits per heavy atom. The first-order chi connectivity index (χ1) is 26.4. The number of hydrogen-bond acceptors (Lipinski definition) is 7. The van der Waals surface area contributed by atoms with Crippen LogP contribution in [0.25, 0.3) is 0 Å². The number of allylic oxidation sites excluding steroid dienone is 4. The van der Waals surface area contributed by atoms with Crippen molar-refractivity contribution in [2.75, 3.05) is 19.8 Å². The number of ether oxygens (including phenoxy) is 3. The molecule has 0 fully saturated rings. The lowest BCUT2D eigenvalue weighted by atomic mass is 10.1. The second kappa shape index (κ2) is 41.5. The van der Waals surface area contributed by atoms with Gasteiger partial charge in [-0.3, -0.25) is 19.2 Å². The summed E-state index contributed by atoms with van der Waals surface area (Å²) in [6.45, 7) is 6.65. The van der Waals surface area contributed by atoms with E-state index in [1.807, 2.05) is 6.92 Å². The molecule has 0 aromatic carbocycles. The molecule has 1 atom stereocenters. The molecule has 0 aliphatic carbocycles. The number of unbranched alkanes of at least 4 members (excludes halogenated alkanes) is 22. The first kappa shape index (κ1) is 51.4. The number of rotatable bonds is 40. The second-order valence-corrected chi connectivity index (χ2v) is 15.0. The first-order valence-electron chi connectivity index (χ1n) is 22.5. The molecule has 0 unspecified atom stereocenters. The quantitative estimate of drug-likeness (QED) is 0.0287. The van der Waals surface area contributed by atoms with E-state index < -0.39 is 12.1 Å². The van der Waals surface area contributed by atoms with Crippen LogP contribution >= 0.6 is 0 Å². The molecular weight excluding hydrogens is 679 g/mol. The minimum absolute atomic E-state index is 0.0315. The third kappa shape index (κ3) is 39.1. The van der Waals surface area contributed by atoms with Gasteiger partial charge in [-0.15, -0.1) is 0 Å². The number of carbonyl (C=O) groups excluding carboxylic acids is 4. The van der Waals surface area contributed by atoms with E-state index in [0.717, 1.165) is 77.0 Å². The van der Waals surface area contributed by atoms with Crippen molar-refractivity contribution in [2.45, 2.75) is 226 Å². The minimum Gasteiger partial charge on any atom is -0.462 e. The maximum absolute atomic E-state index is 12.7. The van der Waals surface area contributed by atoms with E-state index in [0.29, 0.717) is 13.0 Å². The summed E-state index contributed by atoms with van der Waals surface area (Å²) in [5.41, 5.74) is 0. The molecule has 54 heavy (non-hydrogen) atoms. The van der Waals surface area contributed by atoms with E-state index in [9.17, 15) is 19.2 Å². The van der Waals surface area contributed by atoms with E-state index in [4.69, 9.17) is 14.2 Å². The Labute approximate surface area is 331 Å². The van der Waals surface area contributed by atoms with Gasteiger partial charge in [-0.25, -0.2) is 0 Å². The number of nitrogens with one attached hydrogen (secondary N) is 1. The fourth-order valence-corrected chi connectivity index (χ4v) is 6.13. The van der Waals surface area contributed by atoms with Gasteiger partial charge < -0.3 is 19.5 Å². The van der Waals surface area contributed by atoms with Gasteiger partial charge in [-0.1, -0.05) is 148 Å². The van der Waals surface area contributed by atoms with Crippen molar-refractivity contribution in [3.8, 4) is 0 Å². The fourth-order valence-electron chi connectivity index (χ4n) is 6.13. The van der Waals surface area contributed by atoms with Crippen molar-refractivity contribution in [2.24, 2.45) is 0 Å². The molecule has 1 amide bonds. The lowest BCUT2D eigenvalue weighted by Crippen LogP contribution is -2.31. The molecule has 0 radical (unpaired) electrons. The molecule has 0 spiro atoms. The molecule has 8 heteroatoms. The molecule has 314 valence electrons. The minimum atomic E-state index is -0.878. The van der Waals surface area contributed by atoms with Crippen molar-refractivity contribution in [1.29, 1.82) is 0 Å². The van der Waals surface area contributed by atoms with Gasteiger partial charge in [0.2, 0.25) is 5.91 Å². The Morgan fingerprint density at radius 1 is 0.426 bits per heavy atom. The average Bonchev–Trinajstić information content (AvgIpc) is 3.17. The molecule has 0 aliphatic heterocycles. The van der Waals surface area contributed by atoms with E-state index in [-0.39, 0.29) is 50.3 Å². The van der Waals surface area contributed by atoms with Crippen molar-refractivity contribution in [3.05, 3.63) is 24.3 Å². The molecule has 0 aromatic rings. The Morgan fingerprint density at radius 2 is 0.796 bits per heavy atom. The molecule has 8 nitrogen and oxygen atoms in total. The van der Waals surface area contributed by atoms with Crippen LogP contribution in [0, 0.1) is 0 Å². The Bertz CT molecular complexity index is 947. The smallest absolute Gasteiger partial charge is 0.306 e. The Kier molecular flexibility index (Phi) is 39.5. The summed E-state index contributed by atoms with van der Waals surface area (Å²) in [6.07, 6.45) is 40.5. The highest BCUT2D eigenvalue weighted by atomic mass is 16.6. The van der Waals surface area contributed by atoms with E-state index >= 15 is 0 Å². The SMILES string of the molecule is CCCCCCCC/C=C\CCCCCCCC(=O)OC[C@@H](COC(=O)CCC(=O)NCCC)OC(=O)CCCCCCC/C=C\CCCCCCCC. The highest BCUT2D eigenvalue weighted by Crippen LogP contribution is 2.13. The van der Waals surface area contributed by atoms with Crippen LogP contribution in [0.5, 0.6) is 0 Å². The zero-order valence-corrected chi connectivity index (χ0v) is 35.3. The Balaban J connectivity index is 4.32. The number of amides is 1. The highest BCUT2D eigenvalue weighted by molar-refractivity contribution is 5.81. The third-order valence-electron chi connectivity index (χ3n) is 9.57. The average molecular weight is 762 g/mol. The second-order valence-electron chi connectivity index (χ2n) is 15.0. The number of hydrogen-bond donors (Lipinski definition) is 1. The van der Waals surface area contributed by atoms with Gasteiger partial charge in [-0.05, 0) is 70.6 Å². The van der Waals surface area contributed by atoms with Gasteiger partial charge in [0.25, 0.3) is 0 Å². The zero-order valence-electron chi connectivity index (χ0n) is 35.3. The highest BCUT2D eigenvalue weighted by Gasteiger charge is 2.20. The van der Waals surface area contributed by atoms with Crippen LogP contribution in [0.1, 0.15) is 220 Å². The van der Waals surface area contributed by atoms with Gasteiger partial charge in [0.15, 0.2) is 6.10 Å². The standard InChI is InChI=1S/C46H83NO7/c1-4-7-9-11-13-15-17-19-21-23-25-27-29-31-33-35-44(49)52-40-42(41-53-45(50)38-37-43(48)47-39-6-3)54-46(51)36-34-32-30-28-26-24-22-20-18-16-14-12-10-8-5-2/h19-22,42H,4-18,23-41H2,1-3H3,(H,47,48)/b21-19-,22-20-/t42-/m0/s1. The molecule has 0 bridgehead atoms. The largest absolute Gasteiger partial charge is 0.462 e. The molecule has 0 heterocycles. The molecule has 1 N–H and O–H groups in total. The monoisotopic (exact) mass is 762 g/mol. The summed E-state index contributed by atoms with van der Waals surface area (Å²) in [5, 5.41) is 2.73. The summed E-state index contributed by atoms with van der Waals surface area (Å²) in [6, 6.07) is 0. The Hall–Kier alpha value is -2.64. The summed E-state index contributed by atoms with van der Waals surface area (Å²) in [4.78, 5) is 49.3. The summed E-state index contributed by atoms with van der Waals surface area (Å²) >= 11 is 0. The summed E-state index contributed by atoms with van der Waals surface area (Å²) in [7, 11) is 0. The van der Waals surface area contributed by atoms with E-state index in [2.05, 4.69) is 43.5 Å². The van der Waals surface area contributed by atoms with E-state index in [1.54, 1.807) is 0 Å². The number of carbonyl (C=O) groups is 4. The molecular formula is C46H83NO7. The maximum atomic E-state index is 12.7. The zero-order chi connectivity index (χ0) is 39.6. The number of esters is 3. The van der Waals surface area contributed by atoms with E-state index in [1.165, 1.54) is 96.3 Å². The predicted octanol–water partition coefficient (Wildman–Crippen LogP) is 12.4. The van der Waals surface area contributed by atoms with Gasteiger partial charge in [0.1, 0.15) is 13.2 Å². The fraction of sp³-hybridized carbons (Fsp3) is 0.826. The topological polar surface area (TPSA) is 108 Å². The van der Waals surface area contributed by atoms with Crippen LogP contribution in [0.15, 0.2) is 24.3 Å². The summed E-state index contributed by atoms with van der Waals surface area (Å²) < 4.78 is 16.4. The predicted molar refractivity (Wildman–Crippen MR) is 223 cm³/mol. The van der Waals surface area contributed by atoms with Gasteiger partial charge in [-0.2, -0.15) is 0 Å². The molecule has 0 rings (SSSR count). The maximum Gasteiger partial charge on any atom is 0.306 e. The van der Waals surface area contributed by atoms with Gasteiger partial charge in [0, 0.05) is 25.8 Å². The van der Waals surface area contributed by atoms with Crippen LogP contribution in [-0.2, 0) is 33.4 Å². The van der Waals surface area contributed by atoms with Crippen LogP contribution in [0.4, 0.5) is 0 Å². The van der Waals surface area contributed by atoms with Crippen LogP contribution < -0.4 is 5.32 Å². The van der Waals surface area contributed by atoms with Crippen LogP contribution in [0.2, 0.25) is 0 Å².